The largest absolute Gasteiger partial charge is 0.307 e. The predicted molar refractivity (Wildman–Crippen MR) is 236 cm³/mol. The Labute approximate surface area is 319 Å². The Bertz CT molecular complexity index is 2940. The highest BCUT2D eigenvalue weighted by molar-refractivity contribution is 7.33. The SMILES string of the molecule is C[Si]1(C)c2ccccc2-c2cc(-n3c4ccsc4c4sc(-c5cc6c(s5)c5sccc5n6-c5ccc6c(c5)-c5ccccc5[Si]6(C)C)cc43)ccc21. The van der Waals surface area contributed by atoms with E-state index in [4.69, 9.17) is 0 Å². The molecule has 0 unspecified atom stereocenters. The second-order valence-corrected chi connectivity index (χ2v) is 28.0. The van der Waals surface area contributed by atoms with Gasteiger partial charge in [0.05, 0.1) is 40.9 Å². The third kappa shape index (κ3) is 3.77. The van der Waals surface area contributed by atoms with E-state index in [0.717, 1.165) is 0 Å². The molecule has 52 heavy (non-hydrogen) atoms. The van der Waals surface area contributed by atoms with E-state index < -0.39 is 16.1 Å². The number of hydrogen-bond acceptors (Lipinski definition) is 4. The van der Waals surface area contributed by atoms with Gasteiger partial charge >= 0.3 is 0 Å². The maximum atomic E-state index is 2.52. The van der Waals surface area contributed by atoms with Crippen molar-refractivity contribution in [2.45, 2.75) is 26.2 Å². The lowest BCUT2D eigenvalue weighted by molar-refractivity contribution is 1.19. The van der Waals surface area contributed by atoms with Gasteiger partial charge in [-0.1, -0.05) is 86.9 Å². The minimum atomic E-state index is -1.71. The van der Waals surface area contributed by atoms with E-state index in [1.165, 1.54) is 84.2 Å². The molecule has 12 rings (SSSR count). The van der Waals surface area contributed by atoms with Crippen molar-refractivity contribution >= 4 is 123 Å². The summed E-state index contributed by atoms with van der Waals surface area (Å²) >= 11 is 7.65. The molecule has 0 fully saturated rings. The fourth-order valence-corrected chi connectivity index (χ4v) is 20.1. The van der Waals surface area contributed by atoms with Crippen LogP contribution in [0, 0.1) is 0 Å². The lowest BCUT2D eigenvalue weighted by Crippen LogP contribution is -2.49. The van der Waals surface area contributed by atoms with Crippen molar-refractivity contribution in [3.05, 3.63) is 120 Å². The highest BCUT2D eigenvalue weighted by Gasteiger charge is 2.38. The normalized spacial score (nSPS) is 15.2. The molecular weight excluding hydrogens is 741 g/mol. The van der Waals surface area contributed by atoms with Gasteiger partial charge in [0.2, 0.25) is 0 Å². The second kappa shape index (κ2) is 10.2. The molecule has 10 aromatic rings. The summed E-state index contributed by atoms with van der Waals surface area (Å²) < 4.78 is 10.6. The van der Waals surface area contributed by atoms with Crippen LogP contribution in [-0.4, -0.2) is 25.3 Å². The number of aromatic nitrogens is 2. The van der Waals surface area contributed by atoms with Gasteiger partial charge in [-0.25, -0.2) is 0 Å². The molecule has 250 valence electrons. The highest BCUT2D eigenvalue weighted by atomic mass is 32.1. The van der Waals surface area contributed by atoms with Crippen molar-refractivity contribution < 1.29 is 0 Å². The monoisotopic (exact) mass is 772 g/mol. The van der Waals surface area contributed by atoms with E-state index >= 15 is 0 Å². The lowest BCUT2D eigenvalue weighted by atomic mass is 10.1. The third-order valence-electron chi connectivity index (χ3n) is 12.0. The van der Waals surface area contributed by atoms with Crippen LogP contribution in [0.5, 0.6) is 0 Å². The molecular formula is C44H32N2S4Si2. The number of benzene rings is 4. The average Bonchev–Trinajstić information content (AvgIpc) is 4.01. The van der Waals surface area contributed by atoms with Crippen LogP contribution in [0.25, 0.3) is 84.2 Å². The summed E-state index contributed by atoms with van der Waals surface area (Å²) in [5.74, 6) is 0. The van der Waals surface area contributed by atoms with Gasteiger partial charge in [-0.2, -0.15) is 0 Å². The number of fused-ring (bicyclic) bond motifs is 12. The first kappa shape index (κ1) is 30.2. The fourth-order valence-electron chi connectivity index (χ4n) is 9.47. The summed E-state index contributed by atoms with van der Waals surface area (Å²) in [6.07, 6.45) is 0. The molecule has 2 aliphatic heterocycles. The molecule has 0 atom stereocenters. The summed E-state index contributed by atoms with van der Waals surface area (Å²) in [5.41, 5.74) is 13.5. The molecule has 0 saturated heterocycles. The van der Waals surface area contributed by atoms with Gasteiger partial charge in [0, 0.05) is 21.1 Å². The van der Waals surface area contributed by atoms with E-state index in [2.05, 4.69) is 155 Å². The quantitative estimate of drug-likeness (QED) is 0.158. The molecule has 0 spiro atoms. The summed E-state index contributed by atoms with van der Waals surface area (Å²) in [5, 5.41) is 10.7. The van der Waals surface area contributed by atoms with Crippen LogP contribution < -0.4 is 20.7 Å². The van der Waals surface area contributed by atoms with Gasteiger partial charge in [0.1, 0.15) is 16.1 Å². The van der Waals surface area contributed by atoms with Crippen LogP contribution in [0.1, 0.15) is 0 Å². The van der Waals surface area contributed by atoms with Crippen LogP contribution in [0.3, 0.4) is 0 Å². The molecule has 0 radical (unpaired) electrons. The number of nitrogens with zero attached hydrogens (tertiary/aromatic N) is 2. The topological polar surface area (TPSA) is 9.86 Å². The van der Waals surface area contributed by atoms with E-state index in [0.29, 0.717) is 0 Å². The van der Waals surface area contributed by atoms with Crippen LogP contribution in [0.4, 0.5) is 0 Å². The average molecular weight is 773 g/mol. The zero-order chi connectivity index (χ0) is 34.7. The van der Waals surface area contributed by atoms with Crippen molar-refractivity contribution in [2.75, 3.05) is 0 Å². The molecule has 0 amide bonds. The van der Waals surface area contributed by atoms with Crippen molar-refractivity contribution in [3.63, 3.8) is 0 Å². The molecule has 2 nitrogen and oxygen atoms in total. The van der Waals surface area contributed by atoms with E-state index in [1.54, 1.807) is 20.7 Å². The van der Waals surface area contributed by atoms with Gasteiger partial charge in [-0.15, -0.1) is 45.3 Å². The molecule has 2 aliphatic rings. The third-order valence-corrected chi connectivity index (χ3v) is 23.7. The summed E-state index contributed by atoms with van der Waals surface area (Å²) in [7, 11) is -3.42. The second-order valence-electron chi connectivity index (χ2n) is 15.4. The molecule has 8 heterocycles. The van der Waals surface area contributed by atoms with Crippen LogP contribution >= 0.6 is 45.3 Å². The van der Waals surface area contributed by atoms with Gasteiger partial charge < -0.3 is 9.13 Å². The Hall–Kier alpha value is -4.29. The highest BCUT2D eigenvalue weighted by Crippen LogP contribution is 2.49. The minimum absolute atomic E-state index is 1.26. The molecule has 0 saturated carbocycles. The zero-order valence-electron chi connectivity index (χ0n) is 29.1. The smallest absolute Gasteiger partial charge is 0.113 e. The first-order valence-corrected chi connectivity index (χ1v) is 27.2. The first-order chi connectivity index (χ1) is 25.3. The molecule has 8 heteroatoms. The Morgan fingerprint density at radius 1 is 0.404 bits per heavy atom. The summed E-state index contributed by atoms with van der Waals surface area (Å²) in [6.45, 7) is 9.99. The summed E-state index contributed by atoms with van der Waals surface area (Å²) in [4.78, 5) is 2.70. The summed E-state index contributed by atoms with van der Waals surface area (Å²) in [6, 6.07) is 42.3. The lowest BCUT2D eigenvalue weighted by Gasteiger charge is -2.19. The number of thiophene rings is 4. The van der Waals surface area contributed by atoms with Crippen molar-refractivity contribution in [3.8, 4) is 43.4 Å². The van der Waals surface area contributed by atoms with Crippen molar-refractivity contribution in [2.24, 2.45) is 0 Å². The molecule has 0 N–H and O–H groups in total. The standard InChI is InChI=1S/C44H32N2S4Si2/c1-51(2)37-11-7-5-9-27(37)29-21-25(13-15-39(29)51)45-31-17-19-47-41(31)43-33(45)23-35(49-43)36-24-34-44(50-36)42-32(18-20-48-42)46(34)26-14-16-40-30(22-26)28-10-6-8-12-38(28)52(40,3)4/h5-24H,1-4H3. The first-order valence-electron chi connectivity index (χ1n) is 17.8. The molecule has 4 aromatic carbocycles. The van der Waals surface area contributed by atoms with Crippen molar-refractivity contribution in [1.29, 1.82) is 0 Å². The molecule has 0 aliphatic carbocycles. The Morgan fingerprint density at radius 3 is 1.29 bits per heavy atom. The maximum absolute atomic E-state index is 2.52. The predicted octanol–water partition coefficient (Wildman–Crippen LogP) is 11.4. The molecule has 6 aromatic heterocycles. The minimum Gasteiger partial charge on any atom is -0.307 e. The Balaban J connectivity index is 1.02. The van der Waals surface area contributed by atoms with Gasteiger partial charge in [0.25, 0.3) is 0 Å². The van der Waals surface area contributed by atoms with E-state index in [1.807, 2.05) is 45.3 Å². The maximum Gasteiger partial charge on any atom is 0.113 e. The fraction of sp³-hybridized carbons (Fsp3) is 0.0909. The van der Waals surface area contributed by atoms with Gasteiger partial charge in [-0.05, 0) is 102 Å². The van der Waals surface area contributed by atoms with Gasteiger partial charge in [0.15, 0.2) is 0 Å². The Morgan fingerprint density at radius 2 is 0.827 bits per heavy atom. The van der Waals surface area contributed by atoms with Crippen molar-refractivity contribution in [1.82, 2.24) is 9.13 Å². The van der Waals surface area contributed by atoms with Crippen LogP contribution in [0.2, 0.25) is 26.2 Å². The number of rotatable bonds is 3. The zero-order valence-corrected chi connectivity index (χ0v) is 34.3. The number of hydrogen-bond donors (Lipinski definition) is 0. The Kier molecular flexibility index (Phi) is 5.94. The van der Waals surface area contributed by atoms with Gasteiger partial charge in [-0.3, -0.25) is 0 Å². The van der Waals surface area contributed by atoms with E-state index in [9.17, 15) is 0 Å². The van der Waals surface area contributed by atoms with Crippen LogP contribution in [0.15, 0.2) is 120 Å². The molecule has 0 bridgehead atoms. The van der Waals surface area contributed by atoms with Crippen LogP contribution in [-0.2, 0) is 0 Å². The van der Waals surface area contributed by atoms with E-state index in [-0.39, 0.29) is 0 Å².